The lowest BCUT2D eigenvalue weighted by Gasteiger charge is -2.12. The number of carbonyl (C=O) groups excluding carboxylic acids is 1. The standard InChI is InChI=1S/C18H15Cl2NO3/c1-11(16-8-12-4-2-3-5-15(12)24-16)21-18(22)10-23-17-9-13(19)6-7-14(17)20/h2-9,11H,10H2,1H3,(H,21,22)/t11-/m1/s1. The van der Waals surface area contributed by atoms with Crippen LogP contribution in [0.3, 0.4) is 0 Å². The molecule has 1 heterocycles. The van der Waals surface area contributed by atoms with Crippen LogP contribution in [0.4, 0.5) is 0 Å². The molecule has 0 aliphatic heterocycles. The number of para-hydroxylation sites is 1. The van der Waals surface area contributed by atoms with E-state index in [1.165, 1.54) is 0 Å². The molecular weight excluding hydrogens is 349 g/mol. The monoisotopic (exact) mass is 363 g/mol. The van der Waals surface area contributed by atoms with Crippen molar-refractivity contribution in [1.29, 1.82) is 0 Å². The zero-order valence-corrected chi connectivity index (χ0v) is 14.4. The second-order valence-corrected chi connectivity index (χ2v) is 6.18. The molecule has 1 N–H and O–H groups in total. The number of rotatable bonds is 5. The Morgan fingerprint density at radius 2 is 2.00 bits per heavy atom. The van der Waals surface area contributed by atoms with Gasteiger partial charge in [0.15, 0.2) is 6.61 Å². The fourth-order valence-corrected chi connectivity index (χ4v) is 2.64. The zero-order valence-electron chi connectivity index (χ0n) is 12.9. The third-order valence-corrected chi connectivity index (χ3v) is 4.05. The molecule has 0 unspecified atom stereocenters. The third kappa shape index (κ3) is 3.83. The quantitative estimate of drug-likeness (QED) is 0.694. The molecular formula is C18H15Cl2NO3. The molecule has 6 heteroatoms. The average Bonchev–Trinajstić information content (AvgIpc) is 3.00. The molecule has 0 saturated heterocycles. The molecule has 0 aliphatic carbocycles. The van der Waals surface area contributed by atoms with Crippen LogP contribution < -0.4 is 10.1 Å². The number of hydrogen-bond acceptors (Lipinski definition) is 3. The van der Waals surface area contributed by atoms with Crippen LogP contribution in [-0.4, -0.2) is 12.5 Å². The molecule has 3 rings (SSSR count). The zero-order chi connectivity index (χ0) is 17.1. The summed E-state index contributed by atoms with van der Waals surface area (Å²) in [6.45, 7) is 1.69. The van der Waals surface area contributed by atoms with E-state index in [9.17, 15) is 4.79 Å². The Labute approximate surface area is 149 Å². The molecule has 0 bridgehead atoms. The van der Waals surface area contributed by atoms with Crippen LogP contribution in [0.2, 0.25) is 10.0 Å². The summed E-state index contributed by atoms with van der Waals surface area (Å²) in [4.78, 5) is 12.1. The molecule has 4 nitrogen and oxygen atoms in total. The SMILES string of the molecule is C[C@@H](NC(=O)COc1cc(Cl)ccc1Cl)c1cc2ccccc2o1. The predicted octanol–water partition coefficient (Wildman–Crippen LogP) is 5.00. The Morgan fingerprint density at radius 1 is 1.21 bits per heavy atom. The van der Waals surface area contributed by atoms with Gasteiger partial charge in [0.2, 0.25) is 0 Å². The number of carbonyl (C=O) groups is 1. The topological polar surface area (TPSA) is 51.5 Å². The van der Waals surface area contributed by atoms with E-state index in [1.54, 1.807) is 18.2 Å². The highest BCUT2D eigenvalue weighted by atomic mass is 35.5. The van der Waals surface area contributed by atoms with Crippen molar-refractivity contribution in [3.63, 3.8) is 0 Å². The molecule has 0 aliphatic rings. The van der Waals surface area contributed by atoms with Gasteiger partial charge in [0.05, 0.1) is 11.1 Å². The highest BCUT2D eigenvalue weighted by molar-refractivity contribution is 6.34. The molecule has 124 valence electrons. The van der Waals surface area contributed by atoms with Crippen LogP contribution >= 0.6 is 23.2 Å². The molecule has 24 heavy (non-hydrogen) atoms. The van der Waals surface area contributed by atoms with Crippen LogP contribution in [0.25, 0.3) is 11.0 Å². The minimum absolute atomic E-state index is 0.162. The number of halogens is 2. The fourth-order valence-electron chi connectivity index (χ4n) is 2.30. The van der Waals surface area contributed by atoms with E-state index in [1.807, 2.05) is 37.3 Å². The van der Waals surface area contributed by atoms with E-state index < -0.39 is 0 Å². The summed E-state index contributed by atoms with van der Waals surface area (Å²) in [6.07, 6.45) is 0. The van der Waals surface area contributed by atoms with Gasteiger partial charge in [-0.2, -0.15) is 0 Å². The Hall–Kier alpha value is -2.17. The van der Waals surface area contributed by atoms with Crippen molar-refractivity contribution in [2.24, 2.45) is 0 Å². The summed E-state index contributed by atoms with van der Waals surface area (Å²) in [5, 5.41) is 4.72. The van der Waals surface area contributed by atoms with Gasteiger partial charge in [0, 0.05) is 16.5 Å². The first-order valence-corrected chi connectivity index (χ1v) is 8.14. The van der Waals surface area contributed by atoms with Crippen molar-refractivity contribution in [3.05, 3.63) is 64.3 Å². The predicted molar refractivity (Wildman–Crippen MR) is 94.7 cm³/mol. The number of ether oxygens (including phenoxy) is 1. The lowest BCUT2D eigenvalue weighted by molar-refractivity contribution is -0.123. The molecule has 1 atom stereocenters. The summed E-state index contributed by atoms with van der Waals surface area (Å²) >= 11 is 11.9. The van der Waals surface area contributed by atoms with Gasteiger partial charge in [0.25, 0.3) is 5.91 Å². The summed E-state index contributed by atoms with van der Waals surface area (Å²) in [5.74, 6) is 0.778. The summed E-state index contributed by atoms with van der Waals surface area (Å²) in [7, 11) is 0. The maximum absolute atomic E-state index is 12.1. The number of benzene rings is 2. The van der Waals surface area contributed by atoms with Gasteiger partial charge >= 0.3 is 0 Å². The first-order chi connectivity index (χ1) is 11.5. The molecule has 3 aromatic rings. The van der Waals surface area contributed by atoms with E-state index in [4.69, 9.17) is 32.4 Å². The van der Waals surface area contributed by atoms with Crippen LogP contribution in [0, 0.1) is 0 Å². The van der Waals surface area contributed by atoms with Gasteiger partial charge in [-0.3, -0.25) is 4.79 Å². The van der Waals surface area contributed by atoms with E-state index in [-0.39, 0.29) is 18.6 Å². The maximum Gasteiger partial charge on any atom is 0.258 e. The van der Waals surface area contributed by atoms with Crippen LogP contribution in [0.1, 0.15) is 18.7 Å². The normalized spacial score (nSPS) is 12.1. The first kappa shape index (κ1) is 16.7. The highest BCUT2D eigenvalue weighted by Crippen LogP contribution is 2.27. The summed E-state index contributed by atoms with van der Waals surface area (Å²) in [5.41, 5.74) is 0.788. The minimum atomic E-state index is -0.279. The van der Waals surface area contributed by atoms with Crippen LogP contribution in [0.15, 0.2) is 52.9 Å². The fraction of sp³-hybridized carbons (Fsp3) is 0.167. The second-order valence-electron chi connectivity index (χ2n) is 5.34. The number of hydrogen-bond donors (Lipinski definition) is 1. The van der Waals surface area contributed by atoms with Gasteiger partial charge in [-0.05, 0) is 31.2 Å². The summed E-state index contributed by atoms with van der Waals surface area (Å²) in [6, 6.07) is 14.2. The van der Waals surface area contributed by atoms with Crippen molar-refractivity contribution in [2.45, 2.75) is 13.0 Å². The maximum atomic E-state index is 12.1. The van der Waals surface area contributed by atoms with Crippen molar-refractivity contribution < 1.29 is 13.9 Å². The van der Waals surface area contributed by atoms with Gasteiger partial charge in [0.1, 0.15) is 17.1 Å². The van der Waals surface area contributed by atoms with Gasteiger partial charge in [-0.1, -0.05) is 41.4 Å². The summed E-state index contributed by atoms with van der Waals surface area (Å²) < 4.78 is 11.2. The second kappa shape index (κ2) is 7.16. The number of amides is 1. The Kier molecular flexibility index (Phi) is 4.97. The lowest BCUT2D eigenvalue weighted by Crippen LogP contribution is -2.31. The molecule has 0 saturated carbocycles. The number of furan rings is 1. The van der Waals surface area contributed by atoms with Gasteiger partial charge < -0.3 is 14.5 Å². The van der Waals surface area contributed by atoms with Gasteiger partial charge in [-0.25, -0.2) is 0 Å². The van der Waals surface area contributed by atoms with Crippen molar-refractivity contribution in [2.75, 3.05) is 6.61 Å². The Balaban J connectivity index is 1.60. The number of nitrogens with one attached hydrogen (secondary N) is 1. The first-order valence-electron chi connectivity index (χ1n) is 7.38. The smallest absolute Gasteiger partial charge is 0.258 e. The van der Waals surface area contributed by atoms with Crippen molar-refractivity contribution in [1.82, 2.24) is 5.32 Å². The van der Waals surface area contributed by atoms with E-state index in [2.05, 4.69) is 5.32 Å². The minimum Gasteiger partial charge on any atom is -0.482 e. The lowest BCUT2D eigenvalue weighted by atomic mass is 10.2. The van der Waals surface area contributed by atoms with E-state index in [0.717, 1.165) is 11.0 Å². The average molecular weight is 364 g/mol. The van der Waals surface area contributed by atoms with Crippen LogP contribution in [0.5, 0.6) is 5.75 Å². The van der Waals surface area contributed by atoms with Crippen molar-refractivity contribution in [3.8, 4) is 5.75 Å². The molecule has 1 amide bonds. The van der Waals surface area contributed by atoms with Gasteiger partial charge in [-0.15, -0.1) is 0 Å². The highest BCUT2D eigenvalue weighted by Gasteiger charge is 2.15. The molecule has 0 fully saturated rings. The molecule has 0 spiro atoms. The van der Waals surface area contributed by atoms with E-state index in [0.29, 0.717) is 21.6 Å². The van der Waals surface area contributed by atoms with Crippen molar-refractivity contribution >= 4 is 40.1 Å². The Morgan fingerprint density at radius 3 is 2.79 bits per heavy atom. The Bertz CT molecular complexity index is 843. The third-order valence-electron chi connectivity index (χ3n) is 3.50. The molecule has 0 radical (unpaired) electrons. The largest absolute Gasteiger partial charge is 0.482 e. The van der Waals surface area contributed by atoms with E-state index >= 15 is 0 Å². The molecule has 2 aromatic carbocycles. The van der Waals surface area contributed by atoms with Crippen LogP contribution in [-0.2, 0) is 4.79 Å². The molecule has 1 aromatic heterocycles. The number of fused-ring (bicyclic) bond motifs is 1.